The van der Waals surface area contributed by atoms with E-state index in [1.165, 1.54) is 25.7 Å². The highest BCUT2D eigenvalue weighted by molar-refractivity contribution is 5.79. The molecule has 1 aliphatic carbocycles. The molecule has 0 aromatic rings. The molecule has 4 N–H and O–H groups in total. The third-order valence-corrected chi connectivity index (χ3v) is 2.89. The SMILES string of the molecule is CCN=C(NN)NC1CCCCC1C. The maximum absolute atomic E-state index is 5.38. The van der Waals surface area contributed by atoms with Gasteiger partial charge in [0, 0.05) is 12.6 Å². The summed E-state index contributed by atoms with van der Waals surface area (Å²) in [6.07, 6.45) is 5.20. The Hall–Kier alpha value is -0.770. The van der Waals surface area contributed by atoms with Crippen molar-refractivity contribution in [2.75, 3.05) is 6.54 Å². The van der Waals surface area contributed by atoms with Crippen LogP contribution in [0.15, 0.2) is 4.99 Å². The minimum atomic E-state index is 0.532. The Morgan fingerprint density at radius 1 is 1.43 bits per heavy atom. The Kier molecular flexibility index (Phi) is 4.73. The summed E-state index contributed by atoms with van der Waals surface area (Å²) in [7, 11) is 0. The van der Waals surface area contributed by atoms with E-state index in [0.29, 0.717) is 6.04 Å². The van der Waals surface area contributed by atoms with Gasteiger partial charge in [0.15, 0.2) is 0 Å². The maximum Gasteiger partial charge on any atom is 0.205 e. The lowest BCUT2D eigenvalue weighted by Gasteiger charge is -2.30. The second-order valence-electron chi connectivity index (χ2n) is 3.98. The molecule has 0 bridgehead atoms. The fourth-order valence-corrected chi connectivity index (χ4v) is 2.00. The topological polar surface area (TPSA) is 62.4 Å². The van der Waals surface area contributed by atoms with Crippen molar-refractivity contribution in [3.8, 4) is 0 Å². The van der Waals surface area contributed by atoms with Crippen molar-refractivity contribution in [1.82, 2.24) is 10.7 Å². The van der Waals surface area contributed by atoms with Gasteiger partial charge in [-0.05, 0) is 25.7 Å². The highest BCUT2D eigenvalue weighted by atomic mass is 15.3. The number of nitrogens with one attached hydrogen (secondary N) is 2. The van der Waals surface area contributed by atoms with Crippen LogP contribution < -0.4 is 16.6 Å². The van der Waals surface area contributed by atoms with Crippen LogP contribution in [-0.2, 0) is 0 Å². The standard InChI is InChI=1S/C10H22N4/c1-3-12-10(14-11)13-9-7-5-4-6-8(9)2/h8-9H,3-7,11H2,1-2H3,(H2,12,13,14). The Balaban J connectivity index is 2.43. The normalized spacial score (nSPS) is 28.6. The molecule has 0 aromatic carbocycles. The van der Waals surface area contributed by atoms with Crippen LogP contribution in [0.2, 0.25) is 0 Å². The largest absolute Gasteiger partial charge is 0.352 e. The Morgan fingerprint density at radius 2 is 2.14 bits per heavy atom. The van der Waals surface area contributed by atoms with E-state index in [-0.39, 0.29) is 0 Å². The summed E-state index contributed by atoms with van der Waals surface area (Å²) < 4.78 is 0. The van der Waals surface area contributed by atoms with Gasteiger partial charge in [-0.2, -0.15) is 0 Å². The number of rotatable bonds is 2. The molecule has 1 rings (SSSR count). The molecule has 82 valence electrons. The van der Waals surface area contributed by atoms with E-state index >= 15 is 0 Å². The summed E-state index contributed by atoms with van der Waals surface area (Å²) in [5, 5.41) is 3.37. The van der Waals surface area contributed by atoms with Gasteiger partial charge in [-0.15, -0.1) is 0 Å². The number of hydrogen-bond acceptors (Lipinski definition) is 2. The summed E-state index contributed by atoms with van der Waals surface area (Å²) in [4.78, 5) is 4.24. The highest BCUT2D eigenvalue weighted by Gasteiger charge is 2.21. The van der Waals surface area contributed by atoms with Gasteiger partial charge >= 0.3 is 0 Å². The Morgan fingerprint density at radius 3 is 2.71 bits per heavy atom. The van der Waals surface area contributed by atoms with Gasteiger partial charge in [0.1, 0.15) is 0 Å². The lowest BCUT2D eigenvalue weighted by molar-refractivity contribution is 0.307. The number of guanidine groups is 1. The van der Waals surface area contributed by atoms with E-state index in [0.717, 1.165) is 18.4 Å². The predicted molar refractivity (Wildman–Crippen MR) is 59.9 cm³/mol. The number of hydrazine groups is 1. The van der Waals surface area contributed by atoms with E-state index in [1.54, 1.807) is 0 Å². The summed E-state index contributed by atoms with van der Waals surface area (Å²) >= 11 is 0. The third kappa shape index (κ3) is 3.18. The molecule has 0 aromatic heterocycles. The van der Waals surface area contributed by atoms with Crippen molar-refractivity contribution >= 4 is 5.96 Å². The average molecular weight is 198 g/mol. The summed E-state index contributed by atoms with van der Waals surface area (Å²) in [6.45, 7) is 5.05. The first-order chi connectivity index (χ1) is 6.77. The van der Waals surface area contributed by atoms with Crippen molar-refractivity contribution in [1.29, 1.82) is 0 Å². The fraction of sp³-hybridized carbons (Fsp3) is 0.900. The van der Waals surface area contributed by atoms with Crippen molar-refractivity contribution in [3.05, 3.63) is 0 Å². The molecular weight excluding hydrogens is 176 g/mol. The van der Waals surface area contributed by atoms with E-state index in [9.17, 15) is 0 Å². The van der Waals surface area contributed by atoms with Gasteiger partial charge in [-0.25, -0.2) is 5.84 Å². The predicted octanol–water partition coefficient (Wildman–Crippen LogP) is 0.994. The second kappa shape index (κ2) is 5.86. The maximum atomic E-state index is 5.38. The number of nitrogens with two attached hydrogens (primary N) is 1. The van der Waals surface area contributed by atoms with Crippen LogP contribution in [0.1, 0.15) is 39.5 Å². The van der Waals surface area contributed by atoms with E-state index in [2.05, 4.69) is 22.7 Å². The molecule has 1 saturated carbocycles. The quantitative estimate of drug-likeness (QED) is 0.268. The highest BCUT2D eigenvalue weighted by Crippen LogP contribution is 2.23. The molecule has 1 aliphatic rings. The molecule has 4 heteroatoms. The first-order valence-electron chi connectivity index (χ1n) is 5.55. The molecule has 4 nitrogen and oxygen atoms in total. The smallest absolute Gasteiger partial charge is 0.205 e. The molecular formula is C10H22N4. The molecule has 0 saturated heterocycles. The van der Waals surface area contributed by atoms with Crippen molar-refractivity contribution in [3.63, 3.8) is 0 Å². The van der Waals surface area contributed by atoms with Crippen LogP contribution in [0.25, 0.3) is 0 Å². The number of hydrogen-bond donors (Lipinski definition) is 3. The van der Waals surface area contributed by atoms with Crippen LogP contribution in [-0.4, -0.2) is 18.5 Å². The molecule has 14 heavy (non-hydrogen) atoms. The van der Waals surface area contributed by atoms with Crippen molar-refractivity contribution in [2.45, 2.75) is 45.6 Å². The van der Waals surface area contributed by atoms with Gasteiger partial charge in [0.25, 0.3) is 0 Å². The molecule has 1 fully saturated rings. The molecule has 0 spiro atoms. The van der Waals surface area contributed by atoms with Gasteiger partial charge in [0.2, 0.25) is 5.96 Å². The lowest BCUT2D eigenvalue weighted by Crippen LogP contribution is -2.49. The van der Waals surface area contributed by atoms with E-state index in [4.69, 9.17) is 5.84 Å². The monoisotopic (exact) mass is 198 g/mol. The molecule has 2 atom stereocenters. The van der Waals surface area contributed by atoms with E-state index in [1.807, 2.05) is 6.92 Å². The first-order valence-corrected chi connectivity index (χ1v) is 5.55. The first kappa shape index (κ1) is 11.3. The van der Waals surface area contributed by atoms with E-state index < -0.39 is 0 Å². The zero-order valence-corrected chi connectivity index (χ0v) is 9.21. The number of aliphatic imine (C=N–C) groups is 1. The summed E-state index contributed by atoms with van der Waals surface area (Å²) in [5.74, 6) is 6.83. The molecule has 2 unspecified atom stereocenters. The fourth-order valence-electron chi connectivity index (χ4n) is 2.00. The zero-order valence-electron chi connectivity index (χ0n) is 9.21. The van der Waals surface area contributed by atoms with Gasteiger partial charge < -0.3 is 5.32 Å². The molecule has 0 amide bonds. The average Bonchev–Trinajstić information content (AvgIpc) is 2.20. The van der Waals surface area contributed by atoms with Crippen molar-refractivity contribution < 1.29 is 0 Å². The van der Waals surface area contributed by atoms with Crippen LogP contribution in [0, 0.1) is 5.92 Å². The lowest BCUT2D eigenvalue weighted by atomic mass is 9.86. The minimum Gasteiger partial charge on any atom is -0.352 e. The van der Waals surface area contributed by atoms with Gasteiger partial charge in [0.05, 0.1) is 0 Å². The molecule has 0 aliphatic heterocycles. The molecule has 0 heterocycles. The Labute approximate surface area is 86.3 Å². The minimum absolute atomic E-state index is 0.532. The van der Waals surface area contributed by atoms with Crippen LogP contribution in [0.4, 0.5) is 0 Å². The third-order valence-electron chi connectivity index (χ3n) is 2.89. The zero-order chi connectivity index (χ0) is 10.4. The Bertz CT molecular complexity index is 191. The van der Waals surface area contributed by atoms with Gasteiger partial charge in [-0.3, -0.25) is 10.4 Å². The van der Waals surface area contributed by atoms with Crippen LogP contribution in [0.5, 0.6) is 0 Å². The van der Waals surface area contributed by atoms with Crippen LogP contribution in [0.3, 0.4) is 0 Å². The number of nitrogens with zero attached hydrogens (tertiary/aromatic N) is 1. The van der Waals surface area contributed by atoms with Crippen molar-refractivity contribution in [2.24, 2.45) is 16.8 Å². The van der Waals surface area contributed by atoms with Crippen LogP contribution >= 0.6 is 0 Å². The second-order valence-corrected chi connectivity index (χ2v) is 3.98. The van der Waals surface area contributed by atoms with Gasteiger partial charge in [-0.1, -0.05) is 19.8 Å². The summed E-state index contributed by atoms with van der Waals surface area (Å²) in [5.41, 5.74) is 2.61. The molecule has 0 radical (unpaired) electrons. The summed E-state index contributed by atoms with van der Waals surface area (Å²) in [6, 6.07) is 0.532.